The van der Waals surface area contributed by atoms with Crippen molar-refractivity contribution in [2.24, 2.45) is 0 Å². The fraction of sp³-hybridized carbons (Fsp3) is 0.312. The molecular weight excluding hydrogens is 252 g/mol. The van der Waals surface area contributed by atoms with E-state index in [0.717, 1.165) is 16.5 Å². The van der Waals surface area contributed by atoms with E-state index in [1.807, 2.05) is 36.4 Å². The molecule has 1 unspecified atom stereocenters. The number of hydrogen-bond acceptors (Lipinski definition) is 4. The Bertz CT molecular complexity index is 619. The molecule has 0 aliphatic rings. The number of nitrogens with one attached hydrogen (secondary N) is 1. The smallest absolute Gasteiger partial charge is 0.0998 e. The van der Waals surface area contributed by atoms with Gasteiger partial charge in [-0.05, 0) is 18.6 Å². The second kappa shape index (κ2) is 6.90. The van der Waals surface area contributed by atoms with Crippen LogP contribution >= 0.6 is 0 Å². The third-order valence-corrected chi connectivity index (χ3v) is 3.20. The minimum atomic E-state index is -0.461. The number of aliphatic hydroxyl groups excluding tert-OH is 1. The van der Waals surface area contributed by atoms with Crippen LogP contribution in [0.3, 0.4) is 0 Å². The summed E-state index contributed by atoms with van der Waals surface area (Å²) in [6.07, 6.45) is 0.152. The Morgan fingerprint density at radius 3 is 2.70 bits per heavy atom. The molecular formula is C16H18N2O2. The van der Waals surface area contributed by atoms with Crippen molar-refractivity contribution in [3.8, 4) is 6.07 Å². The van der Waals surface area contributed by atoms with Gasteiger partial charge >= 0.3 is 0 Å². The fourth-order valence-corrected chi connectivity index (χ4v) is 2.20. The number of nitrogens with zero attached hydrogens (tertiary/aromatic N) is 1. The van der Waals surface area contributed by atoms with Crippen LogP contribution in [-0.4, -0.2) is 31.5 Å². The van der Waals surface area contributed by atoms with Crippen molar-refractivity contribution in [1.82, 2.24) is 0 Å². The lowest BCUT2D eigenvalue weighted by molar-refractivity contribution is 0.0615. The van der Waals surface area contributed by atoms with Crippen LogP contribution in [0, 0.1) is 11.3 Å². The minimum absolute atomic E-state index is 0.343. The first-order chi connectivity index (χ1) is 9.76. The zero-order valence-corrected chi connectivity index (χ0v) is 11.5. The van der Waals surface area contributed by atoms with E-state index in [0.29, 0.717) is 25.1 Å². The van der Waals surface area contributed by atoms with Crippen LogP contribution in [-0.2, 0) is 4.74 Å². The van der Waals surface area contributed by atoms with Gasteiger partial charge in [-0.1, -0.05) is 24.3 Å². The molecule has 0 aliphatic heterocycles. The number of rotatable bonds is 6. The number of benzene rings is 2. The van der Waals surface area contributed by atoms with E-state index >= 15 is 0 Å². The monoisotopic (exact) mass is 270 g/mol. The molecule has 2 N–H and O–H groups in total. The van der Waals surface area contributed by atoms with E-state index in [9.17, 15) is 5.11 Å². The lowest BCUT2D eigenvalue weighted by Crippen LogP contribution is -2.18. The van der Waals surface area contributed by atoms with Crippen molar-refractivity contribution < 1.29 is 9.84 Å². The first kappa shape index (κ1) is 14.3. The van der Waals surface area contributed by atoms with Crippen molar-refractivity contribution in [1.29, 1.82) is 5.26 Å². The molecule has 0 fully saturated rings. The summed E-state index contributed by atoms with van der Waals surface area (Å²) in [7, 11) is 1.57. The van der Waals surface area contributed by atoms with Crippen LogP contribution in [0.1, 0.15) is 12.0 Å². The first-order valence-electron chi connectivity index (χ1n) is 6.59. The number of anilines is 1. The summed E-state index contributed by atoms with van der Waals surface area (Å²) in [5.41, 5.74) is 1.65. The van der Waals surface area contributed by atoms with Crippen molar-refractivity contribution in [2.45, 2.75) is 12.5 Å². The van der Waals surface area contributed by atoms with Gasteiger partial charge in [0.2, 0.25) is 0 Å². The van der Waals surface area contributed by atoms with Crippen LogP contribution < -0.4 is 5.32 Å². The van der Waals surface area contributed by atoms with Gasteiger partial charge in [0.15, 0.2) is 0 Å². The maximum Gasteiger partial charge on any atom is 0.0998 e. The molecule has 4 nitrogen and oxygen atoms in total. The van der Waals surface area contributed by atoms with Gasteiger partial charge in [-0.15, -0.1) is 0 Å². The molecule has 0 aliphatic carbocycles. The molecule has 20 heavy (non-hydrogen) atoms. The highest BCUT2D eigenvalue weighted by molar-refractivity contribution is 5.97. The quantitative estimate of drug-likeness (QED) is 0.846. The third-order valence-electron chi connectivity index (χ3n) is 3.20. The maximum absolute atomic E-state index is 9.61. The predicted octanol–water partition coefficient (Wildman–Crippen LogP) is 2.52. The van der Waals surface area contributed by atoms with Gasteiger partial charge in [0.05, 0.1) is 24.3 Å². The Morgan fingerprint density at radius 1 is 1.25 bits per heavy atom. The molecule has 0 bridgehead atoms. The highest BCUT2D eigenvalue weighted by atomic mass is 16.5. The van der Waals surface area contributed by atoms with Gasteiger partial charge in [-0.2, -0.15) is 5.26 Å². The average Bonchev–Trinajstić information content (AvgIpc) is 2.47. The maximum atomic E-state index is 9.61. The Kier molecular flexibility index (Phi) is 4.94. The average molecular weight is 270 g/mol. The van der Waals surface area contributed by atoms with Crippen molar-refractivity contribution in [2.75, 3.05) is 25.6 Å². The second-order valence-electron chi connectivity index (χ2n) is 4.64. The molecule has 0 amide bonds. The Hall–Kier alpha value is -2.09. The summed E-state index contributed by atoms with van der Waals surface area (Å²) < 4.78 is 4.89. The number of nitriles is 1. The zero-order chi connectivity index (χ0) is 14.4. The fourth-order valence-electron chi connectivity index (χ4n) is 2.20. The second-order valence-corrected chi connectivity index (χ2v) is 4.64. The molecule has 0 saturated heterocycles. The Balaban J connectivity index is 2.13. The van der Waals surface area contributed by atoms with Gasteiger partial charge in [-0.25, -0.2) is 0 Å². The third kappa shape index (κ3) is 3.27. The van der Waals surface area contributed by atoms with Crippen molar-refractivity contribution >= 4 is 16.5 Å². The van der Waals surface area contributed by atoms with Crippen LogP contribution in [0.2, 0.25) is 0 Å². The summed E-state index contributed by atoms with van der Waals surface area (Å²) in [6.45, 7) is 0.996. The van der Waals surface area contributed by atoms with Crippen LogP contribution in [0.25, 0.3) is 10.8 Å². The number of ether oxygens (including phenoxy) is 1. The summed E-state index contributed by atoms with van der Waals surface area (Å²) in [5.74, 6) is 0. The molecule has 1 atom stereocenters. The van der Waals surface area contributed by atoms with Gasteiger partial charge in [0.1, 0.15) is 0 Å². The van der Waals surface area contributed by atoms with E-state index in [1.165, 1.54) is 0 Å². The molecule has 0 aromatic heterocycles. The molecule has 0 spiro atoms. The van der Waals surface area contributed by atoms with E-state index in [4.69, 9.17) is 10.00 Å². The highest BCUT2D eigenvalue weighted by Gasteiger charge is 2.06. The summed E-state index contributed by atoms with van der Waals surface area (Å²) in [5, 5.41) is 24.0. The van der Waals surface area contributed by atoms with Crippen LogP contribution in [0.4, 0.5) is 5.69 Å². The van der Waals surface area contributed by atoms with E-state index in [2.05, 4.69) is 11.4 Å². The molecule has 2 aromatic rings. The summed E-state index contributed by atoms with van der Waals surface area (Å²) in [4.78, 5) is 0. The first-order valence-corrected chi connectivity index (χ1v) is 6.59. The van der Waals surface area contributed by atoms with Crippen molar-refractivity contribution in [3.63, 3.8) is 0 Å². The molecule has 104 valence electrons. The molecule has 4 heteroatoms. The van der Waals surface area contributed by atoms with E-state index in [-0.39, 0.29) is 0 Å². The largest absolute Gasteiger partial charge is 0.391 e. The normalized spacial score (nSPS) is 12.1. The predicted molar refractivity (Wildman–Crippen MR) is 79.7 cm³/mol. The molecule has 0 heterocycles. The SMILES string of the molecule is COCC(O)CCNc1ccc(C#N)c2ccccc12. The van der Waals surface area contributed by atoms with Gasteiger partial charge in [-0.3, -0.25) is 0 Å². The Morgan fingerprint density at radius 2 is 2.00 bits per heavy atom. The number of aliphatic hydroxyl groups is 1. The Labute approximate surface area is 118 Å². The highest BCUT2D eigenvalue weighted by Crippen LogP contribution is 2.26. The van der Waals surface area contributed by atoms with Crippen LogP contribution in [0.15, 0.2) is 36.4 Å². The molecule has 0 radical (unpaired) electrons. The minimum Gasteiger partial charge on any atom is -0.391 e. The van der Waals surface area contributed by atoms with Crippen LogP contribution in [0.5, 0.6) is 0 Å². The van der Waals surface area contributed by atoms with Gasteiger partial charge < -0.3 is 15.2 Å². The zero-order valence-electron chi connectivity index (χ0n) is 11.5. The lowest BCUT2D eigenvalue weighted by Gasteiger charge is -2.13. The number of hydrogen-bond donors (Lipinski definition) is 2. The topological polar surface area (TPSA) is 65.3 Å². The summed E-state index contributed by atoms with van der Waals surface area (Å²) >= 11 is 0. The lowest BCUT2D eigenvalue weighted by atomic mass is 10.0. The van der Waals surface area contributed by atoms with Gasteiger partial charge in [0.25, 0.3) is 0 Å². The molecule has 2 aromatic carbocycles. The number of fused-ring (bicyclic) bond motifs is 1. The molecule has 0 saturated carbocycles. The van der Waals surface area contributed by atoms with Crippen molar-refractivity contribution in [3.05, 3.63) is 42.0 Å². The van der Waals surface area contributed by atoms with E-state index in [1.54, 1.807) is 7.11 Å². The van der Waals surface area contributed by atoms with E-state index < -0.39 is 6.10 Å². The number of methoxy groups -OCH3 is 1. The van der Waals surface area contributed by atoms with Gasteiger partial charge in [0, 0.05) is 30.1 Å². The standard InChI is InChI=1S/C16H18N2O2/c1-20-11-13(19)8-9-18-16-7-6-12(10-17)14-4-2-3-5-15(14)16/h2-7,13,18-19H,8-9,11H2,1H3. The summed E-state index contributed by atoms with van der Waals surface area (Å²) in [6, 6.07) is 13.7. The molecule has 2 rings (SSSR count).